The minimum Gasteiger partial charge on any atom is -0.491 e. The average Bonchev–Trinajstić information content (AvgIpc) is 3.06. The maximum atomic E-state index is 9.92. The van der Waals surface area contributed by atoms with Gasteiger partial charge in [0.15, 0.2) is 0 Å². The Hall–Kier alpha value is -1.78. The first-order valence-electron chi connectivity index (χ1n) is 6.01. The van der Waals surface area contributed by atoms with Gasteiger partial charge in [-0.3, -0.25) is 0 Å². The second-order valence-electron chi connectivity index (χ2n) is 4.34. The monoisotopic (exact) mass is 245 g/mol. The van der Waals surface area contributed by atoms with Gasteiger partial charge in [-0.25, -0.2) is 0 Å². The van der Waals surface area contributed by atoms with Gasteiger partial charge in [0, 0.05) is 12.1 Å². The minimum atomic E-state index is -0.632. The van der Waals surface area contributed by atoms with Crippen LogP contribution in [0.4, 0.5) is 0 Å². The lowest BCUT2D eigenvalue weighted by molar-refractivity contribution is 0.141. The van der Waals surface area contributed by atoms with Crippen LogP contribution in [0.25, 0.3) is 0 Å². The molecule has 3 rings (SSSR count). The van der Waals surface area contributed by atoms with Gasteiger partial charge in [0.2, 0.25) is 0 Å². The highest BCUT2D eigenvalue weighted by Gasteiger charge is 2.24. The predicted octanol–water partition coefficient (Wildman–Crippen LogP) is 2.04. The fourth-order valence-electron chi connectivity index (χ4n) is 2.17. The van der Waals surface area contributed by atoms with Crippen molar-refractivity contribution in [1.29, 1.82) is 0 Å². The number of nitrogens with one attached hydrogen (secondary N) is 1. The Kier molecular flexibility index (Phi) is 3.04. The third kappa shape index (κ3) is 2.12. The molecule has 0 radical (unpaired) electrons. The molecular weight excluding hydrogens is 230 g/mol. The van der Waals surface area contributed by atoms with E-state index < -0.39 is 6.10 Å². The summed E-state index contributed by atoms with van der Waals surface area (Å²) in [5.41, 5.74) is 1.14. The van der Waals surface area contributed by atoms with E-state index in [1.54, 1.807) is 18.4 Å². The van der Waals surface area contributed by atoms with Gasteiger partial charge >= 0.3 is 0 Å². The van der Waals surface area contributed by atoms with Crippen molar-refractivity contribution in [3.8, 4) is 5.75 Å². The molecule has 2 atom stereocenters. The van der Waals surface area contributed by atoms with Crippen LogP contribution in [0.2, 0.25) is 0 Å². The van der Waals surface area contributed by atoms with E-state index in [0.29, 0.717) is 18.9 Å². The van der Waals surface area contributed by atoms with Crippen molar-refractivity contribution in [3.63, 3.8) is 0 Å². The Labute approximate surface area is 105 Å². The van der Waals surface area contributed by atoms with Crippen LogP contribution in [0, 0.1) is 0 Å². The highest BCUT2D eigenvalue weighted by atomic mass is 16.5. The molecule has 2 aromatic rings. The van der Waals surface area contributed by atoms with Gasteiger partial charge in [0.05, 0.1) is 12.3 Å². The molecule has 0 saturated heterocycles. The molecule has 1 aliphatic rings. The summed E-state index contributed by atoms with van der Waals surface area (Å²) in [6.07, 6.45) is 0.930. The van der Waals surface area contributed by atoms with Crippen LogP contribution in [0.5, 0.6) is 5.75 Å². The van der Waals surface area contributed by atoms with Crippen molar-refractivity contribution in [2.75, 3.05) is 13.2 Å². The predicted molar refractivity (Wildman–Crippen MR) is 66.3 cm³/mol. The highest BCUT2D eigenvalue weighted by Crippen LogP contribution is 2.31. The zero-order valence-corrected chi connectivity index (χ0v) is 9.87. The number of hydrogen-bond donors (Lipinski definition) is 2. The van der Waals surface area contributed by atoms with E-state index in [2.05, 4.69) is 5.32 Å². The molecule has 0 amide bonds. The van der Waals surface area contributed by atoms with Crippen LogP contribution in [-0.4, -0.2) is 18.3 Å². The van der Waals surface area contributed by atoms with E-state index in [-0.39, 0.29) is 6.04 Å². The van der Waals surface area contributed by atoms with Gasteiger partial charge in [-0.05, 0) is 18.2 Å². The van der Waals surface area contributed by atoms with Crippen LogP contribution < -0.4 is 10.1 Å². The summed E-state index contributed by atoms with van der Waals surface area (Å²) in [4.78, 5) is 0. The second kappa shape index (κ2) is 4.84. The number of aliphatic hydroxyl groups is 1. The Bertz CT molecular complexity index is 510. The summed E-state index contributed by atoms with van der Waals surface area (Å²) in [6, 6.07) is 11.6. The smallest absolute Gasteiger partial charge is 0.133 e. The number of rotatable bonds is 4. The molecule has 4 heteroatoms. The normalized spacial score (nSPS) is 19.3. The Morgan fingerprint density at radius 2 is 2.17 bits per heavy atom. The van der Waals surface area contributed by atoms with Crippen LogP contribution in [-0.2, 0) is 0 Å². The lowest BCUT2D eigenvalue weighted by Crippen LogP contribution is -2.27. The first-order valence-corrected chi connectivity index (χ1v) is 6.01. The molecule has 4 nitrogen and oxygen atoms in total. The summed E-state index contributed by atoms with van der Waals surface area (Å²) >= 11 is 0. The maximum Gasteiger partial charge on any atom is 0.133 e. The molecule has 2 unspecified atom stereocenters. The number of para-hydroxylation sites is 1. The number of hydrogen-bond acceptors (Lipinski definition) is 4. The Morgan fingerprint density at radius 1 is 1.28 bits per heavy atom. The number of ether oxygens (including phenoxy) is 1. The first kappa shape index (κ1) is 11.3. The molecule has 0 aliphatic carbocycles. The van der Waals surface area contributed by atoms with Gasteiger partial charge in [0.1, 0.15) is 24.2 Å². The van der Waals surface area contributed by atoms with E-state index >= 15 is 0 Å². The highest BCUT2D eigenvalue weighted by molar-refractivity contribution is 5.39. The Morgan fingerprint density at radius 3 is 3.00 bits per heavy atom. The van der Waals surface area contributed by atoms with Gasteiger partial charge in [-0.2, -0.15) is 0 Å². The maximum absolute atomic E-state index is 9.92. The molecule has 0 fully saturated rings. The lowest BCUT2D eigenvalue weighted by Gasteiger charge is -2.14. The molecule has 0 spiro atoms. The van der Waals surface area contributed by atoms with Crippen LogP contribution in [0.1, 0.15) is 23.5 Å². The SMILES string of the molecule is OC(CNC1COc2ccccc21)c1ccco1. The van der Waals surface area contributed by atoms with Gasteiger partial charge in [-0.1, -0.05) is 18.2 Å². The minimum absolute atomic E-state index is 0.130. The first-order chi connectivity index (χ1) is 8.84. The van der Waals surface area contributed by atoms with Gasteiger partial charge in [-0.15, -0.1) is 0 Å². The van der Waals surface area contributed by atoms with Crippen molar-refractivity contribution in [1.82, 2.24) is 5.32 Å². The summed E-state index contributed by atoms with van der Waals surface area (Å²) in [6.45, 7) is 1.04. The molecule has 2 N–H and O–H groups in total. The number of furan rings is 1. The zero-order chi connectivity index (χ0) is 12.4. The second-order valence-corrected chi connectivity index (χ2v) is 4.34. The number of benzene rings is 1. The van der Waals surface area contributed by atoms with Gasteiger partial charge < -0.3 is 19.6 Å². The summed E-state index contributed by atoms with van der Waals surface area (Å²) < 4.78 is 10.7. The van der Waals surface area contributed by atoms with E-state index in [0.717, 1.165) is 11.3 Å². The standard InChI is InChI=1S/C14H15NO3/c16-12(14-6-3-7-17-14)8-15-11-9-18-13-5-2-1-4-10(11)13/h1-7,11-12,15-16H,8-9H2. The molecule has 0 saturated carbocycles. The number of aliphatic hydroxyl groups excluding tert-OH is 1. The largest absolute Gasteiger partial charge is 0.491 e. The molecule has 1 aromatic heterocycles. The third-order valence-corrected chi connectivity index (χ3v) is 3.13. The van der Waals surface area contributed by atoms with E-state index in [9.17, 15) is 5.11 Å². The topological polar surface area (TPSA) is 54.6 Å². The zero-order valence-electron chi connectivity index (χ0n) is 9.87. The summed E-state index contributed by atoms with van der Waals surface area (Å²) in [5, 5.41) is 13.2. The number of fused-ring (bicyclic) bond motifs is 1. The molecule has 94 valence electrons. The fourth-order valence-corrected chi connectivity index (χ4v) is 2.17. The summed E-state index contributed by atoms with van der Waals surface area (Å²) in [7, 11) is 0. The van der Waals surface area contributed by atoms with Crippen molar-refractivity contribution >= 4 is 0 Å². The van der Waals surface area contributed by atoms with E-state index in [4.69, 9.17) is 9.15 Å². The van der Waals surface area contributed by atoms with Crippen LogP contribution in [0.15, 0.2) is 47.1 Å². The molecule has 1 aromatic carbocycles. The van der Waals surface area contributed by atoms with Crippen LogP contribution >= 0.6 is 0 Å². The van der Waals surface area contributed by atoms with E-state index in [1.807, 2.05) is 24.3 Å². The molecule has 0 bridgehead atoms. The molecule has 18 heavy (non-hydrogen) atoms. The Balaban J connectivity index is 1.62. The molecule has 1 aliphatic heterocycles. The quantitative estimate of drug-likeness (QED) is 0.865. The van der Waals surface area contributed by atoms with Crippen molar-refractivity contribution in [2.45, 2.75) is 12.1 Å². The molecule has 2 heterocycles. The average molecular weight is 245 g/mol. The van der Waals surface area contributed by atoms with Crippen molar-refractivity contribution in [3.05, 3.63) is 54.0 Å². The van der Waals surface area contributed by atoms with Gasteiger partial charge in [0.25, 0.3) is 0 Å². The summed E-state index contributed by atoms with van der Waals surface area (Å²) in [5.74, 6) is 1.50. The van der Waals surface area contributed by atoms with Crippen LogP contribution in [0.3, 0.4) is 0 Å². The van der Waals surface area contributed by atoms with E-state index in [1.165, 1.54) is 0 Å². The third-order valence-electron chi connectivity index (χ3n) is 3.13. The lowest BCUT2D eigenvalue weighted by atomic mass is 10.1. The van der Waals surface area contributed by atoms with Crippen molar-refractivity contribution < 1.29 is 14.3 Å². The van der Waals surface area contributed by atoms with Crippen molar-refractivity contribution in [2.24, 2.45) is 0 Å². The fraction of sp³-hybridized carbons (Fsp3) is 0.286. The molecular formula is C14H15NO3.